The first-order valence-electron chi connectivity index (χ1n) is 9.22. The summed E-state index contributed by atoms with van der Waals surface area (Å²) in [6, 6.07) is 19.8. The van der Waals surface area contributed by atoms with Crippen LogP contribution in [-0.2, 0) is 0 Å². The van der Waals surface area contributed by atoms with Crippen LogP contribution < -0.4 is 0 Å². The molecule has 0 radical (unpaired) electrons. The van der Waals surface area contributed by atoms with Crippen molar-refractivity contribution in [3.63, 3.8) is 0 Å². The minimum Gasteiger partial charge on any atom is -0.507 e. The smallest absolute Gasteiger partial charge is 0.289 e. The summed E-state index contributed by atoms with van der Waals surface area (Å²) in [5, 5.41) is 23.0. The molecule has 1 heterocycles. The van der Waals surface area contributed by atoms with E-state index in [-0.39, 0.29) is 33.9 Å². The van der Waals surface area contributed by atoms with Gasteiger partial charge in [0.1, 0.15) is 17.1 Å². The third kappa shape index (κ3) is 3.35. The van der Waals surface area contributed by atoms with Gasteiger partial charge in [0.2, 0.25) is 0 Å². The molecule has 30 heavy (non-hydrogen) atoms. The average molecular weight is 399 g/mol. The van der Waals surface area contributed by atoms with Crippen LogP contribution in [0.5, 0.6) is 5.75 Å². The molecule has 1 aromatic heterocycles. The first-order valence-corrected chi connectivity index (χ1v) is 9.22. The molecule has 0 saturated carbocycles. The van der Waals surface area contributed by atoms with E-state index in [0.29, 0.717) is 11.1 Å². The molecule has 0 atom stereocenters. The molecule has 0 aliphatic carbocycles. The van der Waals surface area contributed by atoms with E-state index < -0.39 is 10.7 Å². The fraction of sp³-hybridized carbons (Fsp3) is 0.0417. The molecule has 0 aliphatic rings. The van der Waals surface area contributed by atoms with Gasteiger partial charge in [0.25, 0.3) is 5.69 Å². The van der Waals surface area contributed by atoms with Crippen molar-refractivity contribution in [3.05, 3.63) is 106 Å². The number of ketones is 1. The lowest BCUT2D eigenvalue weighted by Crippen LogP contribution is -2.07. The fourth-order valence-corrected chi connectivity index (χ4v) is 3.43. The van der Waals surface area contributed by atoms with Crippen molar-refractivity contribution >= 4 is 11.5 Å². The highest BCUT2D eigenvalue weighted by Crippen LogP contribution is 2.45. The van der Waals surface area contributed by atoms with Crippen LogP contribution in [-0.4, -0.2) is 15.8 Å². The molecule has 4 rings (SSSR count). The number of nitro groups is 1. The van der Waals surface area contributed by atoms with E-state index in [4.69, 9.17) is 4.42 Å². The van der Waals surface area contributed by atoms with E-state index in [1.54, 1.807) is 60.7 Å². The van der Waals surface area contributed by atoms with Gasteiger partial charge in [0, 0.05) is 5.56 Å². The quantitative estimate of drug-likeness (QED) is 0.261. The molecule has 0 saturated heterocycles. The SMILES string of the molecule is Cc1ccc(C(=O)c2c(O)cc(-c3ccccc3)c([N+](=O)[O-])c2-c2ccco2)cc1. The van der Waals surface area contributed by atoms with Gasteiger partial charge in [-0.2, -0.15) is 0 Å². The van der Waals surface area contributed by atoms with Gasteiger partial charge in [0.15, 0.2) is 5.78 Å². The molecule has 0 aliphatic heterocycles. The van der Waals surface area contributed by atoms with Crippen LogP contribution in [0.25, 0.3) is 22.5 Å². The summed E-state index contributed by atoms with van der Waals surface area (Å²) in [5.41, 5.74) is 1.50. The maximum absolute atomic E-state index is 13.3. The number of benzene rings is 3. The van der Waals surface area contributed by atoms with Gasteiger partial charge < -0.3 is 9.52 Å². The maximum Gasteiger partial charge on any atom is 0.289 e. The van der Waals surface area contributed by atoms with Crippen molar-refractivity contribution in [2.75, 3.05) is 0 Å². The number of furan rings is 1. The summed E-state index contributed by atoms with van der Waals surface area (Å²) in [7, 11) is 0. The number of nitro benzene ring substituents is 1. The van der Waals surface area contributed by atoms with Crippen LogP contribution in [0.1, 0.15) is 21.5 Å². The Hall–Kier alpha value is -4.19. The molecule has 3 aromatic carbocycles. The Morgan fingerprint density at radius 2 is 1.70 bits per heavy atom. The van der Waals surface area contributed by atoms with Gasteiger partial charge in [-0.05, 0) is 30.7 Å². The number of hydrogen-bond acceptors (Lipinski definition) is 5. The Bertz CT molecular complexity index is 1230. The Kier molecular flexibility index (Phi) is 4.90. The van der Waals surface area contributed by atoms with Crippen molar-refractivity contribution in [2.45, 2.75) is 6.92 Å². The zero-order chi connectivity index (χ0) is 21.3. The zero-order valence-corrected chi connectivity index (χ0v) is 16.0. The third-order valence-electron chi connectivity index (χ3n) is 4.85. The molecule has 0 fully saturated rings. The molecule has 6 heteroatoms. The second kappa shape index (κ2) is 7.67. The maximum atomic E-state index is 13.3. The highest BCUT2D eigenvalue weighted by atomic mass is 16.6. The van der Waals surface area contributed by atoms with Crippen LogP contribution in [0.3, 0.4) is 0 Å². The number of rotatable bonds is 5. The van der Waals surface area contributed by atoms with Gasteiger partial charge in [-0.15, -0.1) is 0 Å². The number of phenols is 1. The second-order valence-corrected chi connectivity index (χ2v) is 6.84. The Balaban J connectivity index is 2.06. The molecule has 1 N–H and O–H groups in total. The summed E-state index contributed by atoms with van der Waals surface area (Å²) >= 11 is 0. The Morgan fingerprint density at radius 3 is 2.30 bits per heavy atom. The summed E-state index contributed by atoms with van der Waals surface area (Å²) in [5.74, 6) is -0.747. The largest absolute Gasteiger partial charge is 0.507 e. The van der Waals surface area contributed by atoms with Gasteiger partial charge in [-0.3, -0.25) is 14.9 Å². The third-order valence-corrected chi connectivity index (χ3v) is 4.85. The fourth-order valence-electron chi connectivity index (χ4n) is 3.43. The van der Waals surface area contributed by atoms with Crippen LogP contribution in [0.15, 0.2) is 83.5 Å². The van der Waals surface area contributed by atoms with Gasteiger partial charge >= 0.3 is 0 Å². The predicted octanol–water partition coefficient (Wildman–Crippen LogP) is 5.77. The molecule has 0 spiro atoms. The van der Waals surface area contributed by atoms with Crippen molar-refractivity contribution in [1.82, 2.24) is 0 Å². The van der Waals surface area contributed by atoms with E-state index in [1.807, 2.05) is 6.92 Å². The second-order valence-electron chi connectivity index (χ2n) is 6.84. The topological polar surface area (TPSA) is 93.6 Å². The standard InChI is InChI=1S/C24H17NO5/c1-15-9-11-17(12-10-15)24(27)21-19(26)14-18(16-6-3-2-4-7-16)23(25(28)29)22(21)20-8-5-13-30-20/h2-14,26H,1H3. The molecular formula is C24H17NO5. The molecule has 148 valence electrons. The van der Waals surface area contributed by atoms with Crippen molar-refractivity contribution in [2.24, 2.45) is 0 Å². The highest BCUT2D eigenvalue weighted by molar-refractivity contribution is 6.16. The number of carbonyl (C=O) groups excluding carboxylic acids is 1. The number of nitrogens with zero attached hydrogens (tertiary/aromatic N) is 1. The first kappa shape index (κ1) is 19.1. The summed E-state index contributed by atoms with van der Waals surface area (Å²) in [6.45, 7) is 1.89. The number of hydrogen-bond donors (Lipinski definition) is 1. The lowest BCUT2D eigenvalue weighted by Gasteiger charge is -2.14. The van der Waals surface area contributed by atoms with E-state index in [9.17, 15) is 20.0 Å². The normalized spacial score (nSPS) is 10.7. The van der Waals surface area contributed by atoms with E-state index in [0.717, 1.165) is 5.56 Å². The van der Waals surface area contributed by atoms with Gasteiger partial charge in [-0.1, -0.05) is 60.2 Å². The Labute approximate surface area is 172 Å². The van der Waals surface area contributed by atoms with Crippen molar-refractivity contribution in [1.29, 1.82) is 0 Å². The highest BCUT2D eigenvalue weighted by Gasteiger charge is 2.33. The van der Waals surface area contributed by atoms with Crippen molar-refractivity contribution < 1.29 is 19.2 Å². The average Bonchev–Trinajstić information content (AvgIpc) is 3.28. The minimum absolute atomic E-state index is 0.0468. The zero-order valence-electron chi connectivity index (χ0n) is 16.0. The lowest BCUT2D eigenvalue weighted by atomic mass is 9.90. The molecule has 6 nitrogen and oxygen atoms in total. The van der Waals surface area contributed by atoms with E-state index >= 15 is 0 Å². The summed E-state index contributed by atoms with van der Waals surface area (Å²) < 4.78 is 5.43. The van der Waals surface area contributed by atoms with Crippen LogP contribution in [0, 0.1) is 17.0 Å². The van der Waals surface area contributed by atoms with Crippen LogP contribution in [0.2, 0.25) is 0 Å². The van der Waals surface area contributed by atoms with E-state index in [2.05, 4.69) is 0 Å². The summed E-state index contributed by atoms with van der Waals surface area (Å²) in [4.78, 5) is 24.9. The number of carbonyl (C=O) groups is 1. The van der Waals surface area contributed by atoms with Crippen LogP contribution >= 0.6 is 0 Å². The molecule has 0 bridgehead atoms. The summed E-state index contributed by atoms with van der Waals surface area (Å²) in [6.07, 6.45) is 1.37. The molecule has 0 amide bonds. The number of aromatic hydroxyl groups is 1. The monoisotopic (exact) mass is 399 g/mol. The Morgan fingerprint density at radius 1 is 1.00 bits per heavy atom. The minimum atomic E-state index is -0.550. The lowest BCUT2D eigenvalue weighted by molar-refractivity contribution is -0.383. The van der Waals surface area contributed by atoms with Gasteiger partial charge in [-0.25, -0.2) is 0 Å². The molecule has 4 aromatic rings. The number of aryl methyl sites for hydroxylation is 1. The molecule has 0 unspecified atom stereocenters. The van der Waals surface area contributed by atoms with Gasteiger partial charge in [0.05, 0.1) is 22.3 Å². The first-order chi connectivity index (χ1) is 14.5. The van der Waals surface area contributed by atoms with Crippen molar-refractivity contribution in [3.8, 4) is 28.2 Å². The molecular weight excluding hydrogens is 382 g/mol. The number of phenolic OH excluding ortho intramolecular Hbond substituents is 1. The predicted molar refractivity (Wildman–Crippen MR) is 113 cm³/mol. The van der Waals surface area contributed by atoms with E-state index in [1.165, 1.54) is 18.4 Å². The van der Waals surface area contributed by atoms with Crippen LogP contribution in [0.4, 0.5) is 5.69 Å².